The molecule has 0 atom stereocenters. The first-order valence-electron chi connectivity index (χ1n) is 9.96. The van der Waals surface area contributed by atoms with Gasteiger partial charge in [0, 0.05) is 25.2 Å². The number of ether oxygens (including phenoxy) is 1. The van der Waals surface area contributed by atoms with Crippen molar-refractivity contribution in [2.45, 2.75) is 38.5 Å². The van der Waals surface area contributed by atoms with E-state index < -0.39 is 0 Å². The fourth-order valence-corrected chi connectivity index (χ4v) is 3.93. The zero-order chi connectivity index (χ0) is 19.6. The van der Waals surface area contributed by atoms with Gasteiger partial charge in [-0.3, -0.25) is 0 Å². The Morgan fingerprint density at radius 3 is 2.44 bits per heavy atom. The van der Waals surface area contributed by atoms with Crippen molar-refractivity contribution in [3.63, 3.8) is 0 Å². The van der Waals surface area contributed by atoms with Crippen LogP contribution in [-0.2, 0) is 0 Å². The Bertz CT molecular complexity index is 582. The average molecular weight is 393 g/mol. The molecule has 0 radical (unpaired) electrons. The van der Waals surface area contributed by atoms with Crippen LogP contribution in [-0.4, -0.2) is 49.6 Å². The summed E-state index contributed by atoms with van der Waals surface area (Å²) in [6.07, 6.45) is 9.17. The summed E-state index contributed by atoms with van der Waals surface area (Å²) < 4.78 is 5.41. The van der Waals surface area contributed by atoms with Gasteiger partial charge in [-0.05, 0) is 75.4 Å². The number of benzene rings is 1. The van der Waals surface area contributed by atoms with Crippen LogP contribution in [0.15, 0.2) is 36.9 Å². The molecule has 0 spiro atoms. The Morgan fingerprint density at radius 2 is 1.81 bits per heavy atom. The molecule has 0 aliphatic heterocycles. The number of carbonyl (C=O) groups excluding carboxylic acids is 1. The fraction of sp³-hybridized carbons (Fsp3) is 0.591. The Labute approximate surface area is 169 Å². The van der Waals surface area contributed by atoms with Crippen molar-refractivity contribution < 1.29 is 9.53 Å². The van der Waals surface area contributed by atoms with Crippen LogP contribution in [0, 0.1) is 11.8 Å². The second kappa shape index (κ2) is 11.4. The van der Waals surface area contributed by atoms with Crippen LogP contribution in [0.3, 0.4) is 0 Å². The van der Waals surface area contributed by atoms with Crippen LogP contribution in [0.5, 0.6) is 5.75 Å². The van der Waals surface area contributed by atoms with Gasteiger partial charge >= 0.3 is 6.09 Å². The van der Waals surface area contributed by atoms with E-state index in [1.165, 1.54) is 38.5 Å². The van der Waals surface area contributed by atoms with Crippen molar-refractivity contribution >= 4 is 17.7 Å². The Hall–Kier alpha value is -1.52. The number of hydrogen-bond acceptors (Lipinski definition) is 3. The second-order valence-electron chi connectivity index (χ2n) is 7.78. The van der Waals surface area contributed by atoms with Crippen molar-refractivity contribution in [2.75, 3.05) is 33.7 Å². The molecule has 0 unspecified atom stereocenters. The van der Waals surface area contributed by atoms with E-state index in [9.17, 15) is 4.79 Å². The summed E-state index contributed by atoms with van der Waals surface area (Å²) in [4.78, 5) is 16.3. The maximum absolute atomic E-state index is 12.3. The number of amides is 1. The third kappa shape index (κ3) is 7.94. The second-order valence-corrected chi connectivity index (χ2v) is 8.22. The molecule has 1 aromatic rings. The zero-order valence-corrected chi connectivity index (χ0v) is 17.5. The molecule has 0 aromatic heterocycles. The highest BCUT2D eigenvalue weighted by atomic mass is 35.5. The molecule has 150 valence electrons. The quantitative estimate of drug-likeness (QED) is 0.522. The van der Waals surface area contributed by atoms with E-state index in [0.29, 0.717) is 16.7 Å². The van der Waals surface area contributed by atoms with E-state index in [-0.39, 0.29) is 6.09 Å². The highest BCUT2D eigenvalue weighted by Gasteiger charge is 2.24. The summed E-state index contributed by atoms with van der Waals surface area (Å²) in [7, 11) is 3.97. The summed E-state index contributed by atoms with van der Waals surface area (Å²) in [6.45, 7) is 6.66. The smallest absolute Gasteiger partial charge is 0.410 e. The molecule has 5 heteroatoms. The lowest BCUT2D eigenvalue weighted by Crippen LogP contribution is -2.35. The zero-order valence-electron chi connectivity index (χ0n) is 16.7. The van der Waals surface area contributed by atoms with E-state index in [1.54, 1.807) is 29.2 Å². The largest absolute Gasteiger partial charge is 0.414 e. The topological polar surface area (TPSA) is 32.8 Å². The Balaban J connectivity index is 1.64. The van der Waals surface area contributed by atoms with Gasteiger partial charge in [-0.2, -0.15) is 0 Å². The van der Waals surface area contributed by atoms with Gasteiger partial charge in [0.05, 0.1) is 0 Å². The summed E-state index contributed by atoms with van der Waals surface area (Å²) in [5, 5.41) is 0.632. The molecule has 1 amide bonds. The van der Waals surface area contributed by atoms with Gasteiger partial charge in [-0.15, -0.1) is 6.58 Å². The summed E-state index contributed by atoms with van der Waals surface area (Å²) in [5.41, 5.74) is 0. The predicted molar refractivity (Wildman–Crippen MR) is 112 cm³/mol. The number of rotatable bonds is 9. The van der Waals surface area contributed by atoms with Crippen LogP contribution in [0.25, 0.3) is 0 Å². The first kappa shape index (κ1) is 21.8. The van der Waals surface area contributed by atoms with Gasteiger partial charge in [-0.25, -0.2) is 4.79 Å². The predicted octanol–water partition coefficient (Wildman–Crippen LogP) is 5.48. The molecule has 27 heavy (non-hydrogen) atoms. The molecule has 1 saturated carbocycles. The van der Waals surface area contributed by atoms with Crippen molar-refractivity contribution in [3.05, 3.63) is 41.9 Å². The molecule has 1 aromatic carbocycles. The number of halogens is 1. The lowest BCUT2D eigenvalue weighted by Gasteiger charge is -2.31. The lowest BCUT2D eigenvalue weighted by atomic mass is 9.80. The molecule has 0 bridgehead atoms. The average Bonchev–Trinajstić information content (AvgIpc) is 2.65. The van der Waals surface area contributed by atoms with Crippen molar-refractivity contribution in [1.29, 1.82) is 0 Å². The maximum atomic E-state index is 12.3. The van der Waals surface area contributed by atoms with E-state index >= 15 is 0 Å². The van der Waals surface area contributed by atoms with E-state index in [0.717, 1.165) is 25.6 Å². The summed E-state index contributed by atoms with van der Waals surface area (Å²) >= 11 is 5.86. The summed E-state index contributed by atoms with van der Waals surface area (Å²) in [6, 6.07) is 6.87. The first-order valence-corrected chi connectivity index (χ1v) is 10.3. The van der Waals surface area contributed by atoms with Gasteiger partial charge in [0.2, 0.25) is 0 Å². The molecule has 0 heterocycles. The highest BCUT2D eigenvalue weighted by Crippen LogP contribution is 2.32. The molecular formula is C22H33ClN2O2. The molecule has 1 fully saturated rings. The van der Waals surface area contributed by atoms with Gasteiger partial charge < -0.3 is 14.5 Å². The molecule has 4 nitrogen and oxygen atoms in total. The van der Waals surface area contributed by atoms with Gasteiger partial charge in [0.25, 0.3) is 0 Å². The molecule has 0 saturated heterocycles. The molecule has 0 N–H and O–H groups in total. The SMILES string of the molecule is C=CCN(C)CCCC1CCC(CN(C)C(=O)Oc2ccc(Cl)cc2)CC1. The van der Waals surface area contributed by atoms with E-state index in [4.69, 9.17) is 16.3 Å². The van der Waals surface area contributed by atoms with Crippen molar-refractivity contribution in [1.82, 2.24) is 9.80 Å². The van der Waals surface area contributed by atoms with E-state index in [1.807, 2.05) is 13.1 Å². The minimum Gasteiger partial charge on any atom is -0.410 e. The monoisotopic (exact) mass is 392 g/mol. The van der Waals surface area contributed by atoms with Crippen LogP contribution in [0.4, 0.5) is 4.79 Å². The highest BCUT2D eigenvalue weighted by molar-refractivity contribution is 6.30. The van der Waals surface area contributed by atoms with Crippen LogP contribution in [0.1, 0.15) is 38.5 Å². The van der Waals surface area contributed by atoms with Gasteiger partial charge in [-0.1, -0.05) is 30.5 Å². The molecule has 1 aliphatic carbocycles. The number of likely N-dealkylation sites (N-methyl/N-ethyl adjacent to an activating group) is 1. The normalized spacial score (nSPS) is 19.7. The number of nitrogens with zero attached hydrogens (tertiary/aromatic N) is 2. The van der Waals surface area contributed by atoms with E-state index in [2.05, 4.69) is 18.5 Å². The summed E-state index contributed by atoms with van der Waals surface area (Å²) in [5.74, 6) is 1.94. The Morgan fingerprint density at radius 1 is 1.19 bits per heavy atom. The first-order chi connectivity index (χ1) is 13.0. The van der Waals surface area contributed by atoms with Gasteiger partial charge in [0.15, 0.2) is 0 Å². The standard InChI is InChI=1S/C22H33ClN2O2/c1-4-15-24(2)16-5-6-18-7-9-19(10-8-18)17-25(3)22(26)27-21-13-11-20(23)12-14-21/h4,11-14,18-19H,1,5-10,15-17H2,2-3H3. The van der Waals surface area contributed by atoms with Gasteiger partial charge in [0.1, 0.15) is 5.75 Å². The number of hydrogen-bond donors (Lipinski definition) is 0. The van der Waals surface area contributed by atoms with Crippen molar-refractivity contribution in [3.8, 4) is 5.75 Å². The third-order valence-electron chi connectivity index (χ3n) is 5.42. The van der Waals surface area contributed by atoms with Crippen LogP contribution >= 0.6 is 11.6 Å². The minimum absolute atomic E-state index is 0.301. The van der Waals surface area contributed by atoms with Crippen LogP contribution in [0.2, 0.25) is 5.02 Å². The third-order valence-corrected chi connectivity index (χ3v) is 5.67. The molecule has 1 aliphatic rings. The maximum Gasteiger partial charge on any atom is 0.414 e. The van der Waals surface area contributed by atoms with Crippen LogP contribution < -0.4 is 4.74 Å². The Kier molecular flexibility index (Phi) is 9.16. The fourth-order valence-electron chi connectivity index (χ4n) is 3.81. The molecular weight excluding hydrogens is 360 g/mol. The molecule has 2 rings (SSSR count). The minimum atomic E-state index is -0.301. The lowest BCUT2D eigenvalue weighted by molar-refractivity contribution is 0.144. The van der Waals surface area contributed by atoms with Crippen molar-refractivity contribution in [2.24, 2.45) is 11.8 Å². The number of carbonyl (C=O) groups is 1.